The van der Waals surface area contributed by atoms with Gasteiger partial charge in [0.25, 0.3) is 5.91 Å². The standard InChI is InChI=1S/C13H20N2OS/c1-10-6-9-17-12(10)13(16)15(3)11-4-7-14(2)8-5-11/h6,9,11H,4-5,7-8H2,1-3H3. The maximum atomic E-state index is 12.3. The summed E-state index contributed by atoms with van der Waals surface area (Å²) in [6.45, 7) is 4.18. The SMILES string of the molecule is Cc1ccsc1C(=O)N(C)C1CCN(C)CC1. The highest BCUT2D eigenvalue weighted by molar-refractivity contribution is 7.12. The van der Waals surface area contributed by atoms with Crippen LogP contribution in [-0.4, -0.2) is 48.9 Å². The lowest BCUT2D eigenvalue weighted by atomic mass is 10.0. The Hall–Kier alpha value is -0.870. The monoisotopic (exact) mass is 252 g/mol. The summed E-state index contributed by atoms with van der Waals surface area (Å²) in [4.78, 5) is 17.5. The molecule has 2 rings (SSSR count). The third-order valence-corrected chi connectivity index (χ3v) is 4.62. The second kappa shape index (κ2) is 5.19. The molecule has 1 aromatic rings. The molecule has 3 nitrogen and oxygen atoms in total. The van der Waals surface area contributed by atoms with E-state index in [1.165, 1.54) is 0 Å². The molecule has 0 unspecified atom stereocenters. The number of amides is 1. The molecular formula is C13H20N2OS. The van der Waals surface area contributed by atoms with Crippen molar-refractivity contribution in [2.45, 2.75) is 25.8 Å². The number of aryl methyl sites for hydroxylation is 1. The van der Waals surface area contributed by atoms with E-state index in [1.54, 1.807) is 11.3 Å². The van der Waals surface area contributed by atoms with Crippen molar-refractivity contribution in [3.05, 3.63) is 21.9 Å². The molecular weight excluding hydrogens is 232 g/mol. The predicted molar refractivity (Wildman–Crippen MR) is 71.7 cm³/mol. The van der Waals surface area contributed by atoms with E-state index < -0.39 is 0 Å². The Morgan fingerprint density at radius 3 is 2.65 bits per heavy atom. The molecule has 1 saturated heterocycles. The van der Waals surface area contributed by atoms with Crippen molar-refractivity contribution < 1.29 is 4.79 Å². The smallest absolute Gasteiger partial charge is 0.264 e. The molecule has 0 spiro atoms. The van der Waals surface area contributed by atoms with Crippen LogP contribution in [0.25, 0.3) is 0 Å². The summed E-state index contributed by atoms with van der Waals surface area (Å²) >= 11 is 1.55. The summed E-state index contributed by atoms with van der Waals surface area (Å²) in [5, 5.41) is 1.99. The average Bonchev–Trinajstić information content (AvgIpc) is 2.74. The zero-order valence-corrected chi connectivity index (χ0v) is 11.6. The van der Waals surface area contributed by atoms with Crippen molar-refractivity contribution in [2.75, 3.05) is 27.2 Å². The molecule has 1 aromatic heterocycles. The number of hydrogen-bond acceptors (Lipinski definition) is 3. The molecule has 1 amide bonds. The molecule has 0 aliphatic carbocycles. The molecule has 0 bridgehead atoms. The van der Waals surface area contributed by atoms with Gasteiger partial charge in [-0.1, -0.05) is 0 Å². The van der Waals surface area contributed by atoms with Gasteiger partial charge >= 0.3 is 0 Å². The van der Waals surface area contributed by atoms with E-state index in [0.29, 0.717) is 6.04 Å². The van der Waals surface area contributed by atoms with E-state index >= 15 is 0 Å². The molecule has 0 N–H and O–H groups in total. The van der Waals surface area contributed by atoms with Gasteiger partial charge in [0.2, 0.25) is 0 Å². The second-order valence-electron chi connectivity index (χ2n) is 4.88. The van der Waals surface area contributed by atoms with Crippen LogP contribution in [0.15, 0.2) is 11.4 Å². The van der Waals surface area contributed by atoms with Gasteiger partial charge in [-0.15, -0.1) is 11.3 Å². The van der Waals surface area contributed by atoms with Gasteiger partial charge in [-0.05, 0) is 56.9 Å². The average molecular weight is 252 g/mol. The lowest BCUT2D eigenvalue weighted by molar-refractivity contribution is 0.0664. The van der Waals surface area contributed by atoms with Crippen LogP contribution >= 0.6 is 11.3 Å². The predicted octanol–water partition coefficient (Wildman–Crippen LogP) is 2.22. The summed E-state index contributed by atoms with van der Waals surface area (Å²) in [7, 11) is 4.08. The fourth-order valence-corrected chi connectivity index (χ4v) is 3.21. The molecule has 1 aliphatic heterocycles. The van der Waals surface area contributed by atoms with Crippen LogP contribution < -0.4 is 0 Å². The summed E-state index contributed by atoms with van der Waals surface area (Å²) in [5.41, 5.74) is 1.10. The first-order chi connectivity index (χ1) is 8.09. The summed E-state index contributed by atoms with van der Waals surface area (Å²) in [5.74, 6) is 0.187. The largest absolute Gasteiger partial charge is 0.338 e. The Bertz CT molecular complexity index is 394. The third kappa shape index (κ3) is 2.69. The molecule has 0 aromatic carbocycles. The first kappa shape index (κ1) is 12.6. The zero-order valence-electron chi connectivity index (χ0n) is 10.8. The van der Waals surface area contributed by atoms with Crippen molar-refractivity contribution in [3.8, 4) is 0 Å². The van der Waals surface area contributed by atoms with Gasteiger partial charge in [-0.2, -0.15) is 0 Å². The Balaban J connectivity index is 2.03. The summed E-state index contributed by atoms with van der Waals surface area (Å²) in [6, 6.07) is 2.42. The van der Waals surface area contributed by atoms with Gasteiger partial charge in [0.1, 0.15) is 0 Å². The number of piperidine rings is 1. The number of carbonyl (C=O) groups is 1. The molecule has 17 heavy (non-hydrogen) atoms. The van der Waals surface area contributed by atoms with Gasteiger partial charge < -0.3 is 9.80 Å². The Morgan fingerprint density at radius 1 is 1.47 bits per heavy atom. The quantitative estimate of drug-likeness (QED) is 0.806. The molecule has 0 radical (unpaired) electrons. The normalized spacial score (nSPS) is 18.3. The van der Waals surface area contributed by atoms with Crippen LogP contribution in [0.4, 0.5) is 0 Å². The van der Waals surface area contributed by atoms with Gasteiger partial charge in [0, 0.05) is 13.1 Å². The Labute approximate surface area is 107 Å². The minimum Gasteiger partial charge on any atom is -0.338 e. The van der Waals surface area contributed by atoms with Crippen molar-refractivity contribution in [2.24, 2.45) is 0 Å². The van der Waals surface area contributed by atoms with E-state index in [2.05, 4.69) is 11.9 Å². The fraction of sp³-hybridized carbons (Fsp3) is 0.615. The maximum Gasteiger partial charge on any atom is 0.264 e. The van der Waals surface area contributed by atoms with E-state index in [1.807, 2.05) is 30.3 Å². The molecule has 2 heterocycles. The Kier molecular flexibility index (Phi) is 3.84. The lowest BCUT2D eigenvalue weighted by Gasteiger charge is -2.35. The van der Waals surface area contributed by atoms with Gasteiger partial charge in [-0.3, -0.25) is 4.79 Å². The van der Waals surface area contributed by atoms with Crippen LogP contribution in [0.3, 0.4) is 0 Å². The fourth-order valence-electron chi connectivity index (χ4n) is 2.30. The maximum absolute atomic E-state index is 12.3. The van der Waals surface area contributed by atoms with Crippen LogP contribution in [0, 0.1) is 6.92 Å². The minimum atomic E-state index is 0.187. The summed E-state index contributed by atoms with van der Waals surface area (Å²) < 4.78 is 0. The van der Waals surface area contributed by atoms with Crippen molar-refractivity contribution in [1.29, 1.82) is 0 Å². The van der Waals surface area contributed by atoms with Crippen molar-refractivity contribution in [3.63, 3.8) is 0 Å². The van der Waals surface area contributed by atoms with Gasteiger partial charge in [-0.25, -0.2) is 0 Å². The first-order valence-electron chi connectivity index (χ1n) is 6.09. The number of nitrogens with zero attached hydrogens (tertiary/aromatic N) is 2. The van der Waals surface area contributed by atoms with Crippen LogP contribution in [0.1, 0.15) is 28.1 Å². The number of thiophene rings is 1. The van der Waals surface area contributed by atoms with Crippen molar-refractivity contribution in [1.82, 2.24) is 9.80 Å². The Morgan fingerprint density at radius 2 is 2.12 bits per heavy atom. The first-order valence-corrected chi connectivity index (χ1v) is 6.97. The van der Waals surface area contributed by atoms with Crippen molar-refractivity contribution >= 4 is 17.2 Å². The topological polar surface area (TPSA) is 23.6 Å². The number of rotatable bonds is 2. The molecule has 4 heteroatoms. The minimum absolute atomic E-state index is 0.187. The molecule has 0 saturated carbocycles. The highest BCUT2D eigenvalue weighted by Gasteiger charge is 2.25. The van der Waals surface area contributed by atoms with E-state index in [4.69, 9.17) is 0 Å². The third-order valence-electron chi connectivity index (χ3n) is 3.61. The van der Waals surface area contributed by atoms with Crippen LogP contribution in [-0.2, 0) is 0 Å². The van der Waals surface area contributed by atoms with E-state index in [9.17, 15) is 4.79 Å². The number of hydrogen-bond donors (Lipinski definition) is 0. The van der Waals surface area contributed by atoms with Crippen LogP contribution in [0.5, 0.6) is 0 Å². The highest BCUT2D eigenvalue weighted by Crippen LogP contribution is 2.21. The molecule has 1 aliphatic rings. The highest BCUT2D eigenvalue weighted by atomic mass is 32.1. The number of carbonyl (C=O) groups excluding carboxylic acids is 1. The molecule has 0 atom stereocenters. The van der Waals surface area contributed by atoms with Gasteiger partial charge in [0.15, 0.2) is 0 Å². The van der Waals surface area contributed by atoms with E-state index in [0.717, 1.165) is 36.4 Å². The molecule has 94 valence electrons. The van der Waals surface area contributed by atoms with E-state index in [-0.39, 0.29) is 5.91 Å². The molecule has 1 fully saturated rings. The van der Waals surface area contributed by atoms with Gasteiger partial charge in [0.05, 0.1) is 4.88 Å². The van der Waals surface area contributed by atoms with Crippen LogP contribution in [0.2, 0.25) is 0 Å². The second-order valence-corrected chi connectivity index (χ2v) is 5.80. The number of likely N-dealkylation sites (tertiary alicyclic amines) is 1. The lowest BCUT2D eigenvalue weighted by Crippen LogP contribution is -2.44. The summed E-state index contributed by atoms with van der Waals surface area (Å²) in [6.07, 6.45) is 2.17. The zero-order chi connectivity index (χ0) is 12.4.